The smallest absolute Gasteiger partial charge is 0.209 e. The molecule has 0 bridgehead atoms. The number of rotatable bonds is 3. The Morgan fingerprint density at radius 1 is 0.861 bits per heavy atom. The van der Waals surface area contributed by atoms with Gasteiger partial charge in [-0.1, -0.05) is 36.4 Å². The number of benzene rings is 2. The second-order valence-corrected chi connectivity index (χ2v) is 9.25. The summed E-state index contributed by atoms with van der Waals surface area (Å²) in [5.74, 6) is 0. The van der Waals surface area contributed by atoms with E-state index in [9.17, 15) is 4.79 Å². The van der Waals surface area contributed by atoms with Crippen molar-refractivity contribution in [1.29, 1.82) is 0 Å². The maximum atomic E-state index is 10.5. The standard InChI is InChI=1S/C11H14N2O.C11H16N2.C7H7NO/c14-10-12-6-8-13(9-7-12)11-4-2-1-3-5-11;1-10-9-13(8-7-12-10)11-5-3-2-4-6-11;1-5-4-7-6(8-5)2-3-9-7/h1-5,10H,6-9H2;2-6,10,12H,7-9H2,1H3;2-4,8H,1H3. The first-order valence-corrected chi connectivity index (χ1v) is 12.7. The van der Waals surface area contributed by atoms with Gasteiger partial charge in [-0.25, -0.2) is 0 Å². The van der Waals surface area contributed by atoms with Gasteiger partial charge in [0.25, 0.3) is 0 Å². The highest BCUT2D eigenvalue weighted by atomic mass is 16.3. The Morgan fingerprint density at radius 2 is 1.50 bits per heavy atom. The Balaban J connectivity index is 0.000000130. The lowest BCUT2D eigenvalue weighted by atomic mass is 10.2. The van der Waals surface area contributed by atoms with Gasteiger partial charge in [0.15, 0.2) is 5.58 Å². The van der Waals surface area contributed by atoms with E-state index in [1.807, 2.05) is 42.2 Å². The van der Waals surface area contributed by atoms with Gasteiger partial charge in [-0.2, -0.15) is 0 Å². The third kappa shape index (κ3) is 7.15. The van der Waals surface area contributed by atoms with E-state index in [4.69, 9.17) is 4.42 Å². The normalized spacial score (nSPS) is 17.6. The summed E-state index contributed by atoms with van der Waals surface area (Å²) >= 11 is 0. The van der Waals surface area contributed by atoms with Gasteiger partial charge in [-0.05, 0) is 38.1 Å². The number of nitrogens with zero attached hydrogens (tertiary/aromatic N) is 3. The van der Waals surface area contributed by atoms with Crippen molar-refractivity contribution in [2.45, 2.75) is 19.9 Å². The fourth-order valence-electron chi connectivity index (χ4n) is 4.51. The molecule has 7 nitrogen and oxygen atoms in total. The zero-order valence-corrected chi connectivity index (χ0v) is 21.3. The van der Waals surface area contributed by atoms with Crippen LogP contribution in [-0.4, -0.2) is 68.1 Å². The fraction of sp³-hybridized carbons (Fsp3) is 0.345. The predicted molar refractivity (Wildman–Crippen MR) is 148 cm³/mol. The van der Waals surface area contributed by atoms with E-state index in [1.54, 1.807) is 6.26 Å². The Kier molecular flexibility index (Phi) is 9.05. The average Bonchev–Trinajstić information content (AvgIpc) is 3.51. The molecule has 2 saturated heterocycles. The zero-order chi connectivity index (χ0) is 25.2. The minimum absolute atomic E-state index is 0.606. The molecule has 1 unspecified atom stereocenters. The van der Waals surface area contributed by atoms with Crippen LogP contribution in [0.5, 0.6) is 0 Å². The van der Waals surface area contributed by atoms with Gasteiger partial charge in [0.1, 0.15) is 0 Å². The first kappa shape index (κ1) is 25.4. The molecule has 2 fully saturated rings. The number of aryl methyl sites for hydroxylation is 1. The highest BCUT2D eigenvalue weighted by Crippen LogP contribution is 2.16. The second kappa shape index (κ2) is 12.8. The minimum atomic E-state index is 0.606. The number of carbonyl (C=O) groups excluding carboxylic acids is 1. The number of fused-ring (bicyclic) bond motifs is 1. The lowest BCUT2D eigenvalue weighted by molar-refractivity contribution is -0.118. The van der Waals surface area contributed by atoms with Crippen LogP contribution in [0.3, 0.4) is 0 Å². The topological polar surface area (TPSA) is 67.8 Å². The number of anilines is 2. The van der Waals surface area contributed by atoms with Crippen LogP contribution in [0.25, 0.3) is 11.1 Å². The van der Waals surface area contributed by atoms with Crippen molar-refractivity contribution in [2.24, 2.45) is 0 Å². The van der Waals surface area contributed by atoms with E-state index in [0.717, 1.165) is 69.0 Å². The molecule has 2 aliphatic heterocycles. The molecule has 1 amide bonds. The summed E-state index contributed by atoms with van der Waals surface area (Å²) in [7, 11) is 0. The molecule has 2 aliphatic rings. The van der Waals surface area contributed by atoms with E-state index < -0.39 is 0 Å². The molecule has 2 aromatic heterocycles. The van der Waals surface area contributed by atoms with Crippen LogP contribution in [-0.2, 0) is 4.79 Å². The van der Waals surface area contributed by atoms with Crippen molar-refractivity contribution in [3.05, 3.63) is 84.8 Å². The summed E-state index contributed by atoms with van der Waals surface area (Å²) in [6.45, 7) is 11.1. The molecule has 4 heterocycles. The number of amides is 1. The first-order chi connectivity index (χ1) is 17.6. The highest BCUT2D eigenvalue weighted by Gasteiger charge is 2.15. The molecular formula is C29H37N5O2. The van der Waals surface area contributed by atoms with Crippen molar-refractivity contribution in [3.63, 3.8) is 0 Å². The van der Waals surface area contributed by atoms with Gasteiger partial charge >= 0.3 is 0 Å². The number of aromatic amines is 1. The Labute approximate surface area is 213 Å². The molecule has 4 aromatic rings. The molecule has 7 heteroatoms. The van der Waals surface area contributed by atoms with E-state index in [1.165, 1.54) is 11.4 Å². The molecule has 0 saturated carbocycles. The predicted octanol–water partition coefficient (Wildman–Crippen LogP) is 4.52. The third-order valence-corrected chi connectivity index (χ3v) is 6.45. The van der Waals surface area contributed by atoms with Crippen molar-refractivity contribution in [1.82, 2.24) is 15.2 Å². The molecule has 6 rings (SSSR count). The average molecular weight is 488 g/mol. The summed E-state index contributed by atoms with van der Waals surface area (Å²) in [5, 5.41) is 3.44. The number of piperazine rings is 2. The van der Waals surface area contributed by atoms with E-state index in [0.29, 0.717) is 6.04 Å². The first-order valence-electron chi connectivity index (χ1n) is 12.7. The Hall–Kier alpha value is -3.71. The molecule has 36 heavy (non-hydrogen) atoms. The molecule has 0 radical (unpaired) electrons. The van der Waals surface area contributed by atoms with Crippen molar-refractivity contribution in [2.75, 3.05) is 55.6 Å². The number of nitrogens with one attached hydrogen (secondary N) is 2. The largest absolute Gasteiger partial charge is 0.463 e. The SMILES string of the molecule is CC1CN(c2ccccc2)CCN1.Cc1cc2occc2[nH]1.O=CN1CCN(c2ccccc2)CC1. The monoisotopic (exact) mass is 487 g/mol. The van der Waals surface area contributed by atoms with Crippen LogP contribution in [0.15, 0.2) is 83.5 Å². The quantitative estimate of drug-likeness (QED) is 0.416. The number of hydrogen-bond acceptors (Lipinski definition) is 5. The summed E-state index contributed by atoms with van der Waals surface area (Å²) in [6.07, 6.45) is 2.61. The van der Waals surface area contributed by atoms with Gasteiger partial charge in [-0.3, -0.25) is 4.79 Å². The van der Waals surface area contributed by atoms with E-state index in [-0.39, 0.29) is 0 Å². The van der Waals surface area contributed by atoms with Crippen LogP contribution in [0.2, 0.25) is 0 Å². The van der Waals surface area contributed by atoms with Crippen molar-refractivity contribution >= 4 is 28.9 Å². The number of H-pyrrole nitrogens is 1. The summed E-state index contributed by atoms with van der Waals surface area (Å²) in [5.41, 5.74) is 5.75. The summed E-state index contributed by atoms with van der Waals surface area (Å²) in [4.78, 5) is 20.2. The van der Waals surface area contributed by atoms with Crippen molar-refractivity contribution < 1.29 is 9.21 Å². The number of carbonyl (C=O) groups is 1. The van der Waals surface area contributed by atoms with Gasteiger partial charge in [-0.15, -0.1) is 0 Å². The summed E-state index contributed by atoms with van der Waals surface area (Å²) < 4.78 is 5.11. The van der Waals surface area contributed by atoms with Crippen LogP contribution in [0, 0.1) is 6.92 Å². The van der Waals surface area contributed by atoms with Gasteiger partial charge < -0.3 is 29.4 Å². The molecule has 0 aliphatic carbocycles. The highest BCUT2D eigenvalue weighted by molar-refractivity contribution is 5.73. The lowest BCUT2D eigenvalue weighted by Crippen LogP contribution is -2.49. The number of para-hydroxylation sites is 2. The van der Waals surface area contributed by atoms with Crippen LogP contribution >= 0.6 is 0 Å². The molecule has 2 aromatic carbocycles. The lowest BCUT2D eigenvalue weighted by Gasteiger charge is -2.34. The zero-order valence-electron chi connectivity index (χ0n) is 21.3. The number of aromatic nitrogens is 1. The van der Waals surface area contributed by atoms with Crippen LogP contribution in [0.1, 0.15) is 12.6 Å². The number of furan rings is 1. The van der Waals surface area contributed by atoms with Gasteiger partial charge in [0, 0.05) is 81.1 Å². The van der Waals surface area contributed by atoms with Crippen LogP contribution < -0.4 is 15.1 Å². The molecule has 0 spiro atoms. The Bertz CT molecular complexity index is 1140. The molecule has 190 valence electrons. The second-order valence-electron chi connectivity index (χ2n) is 9.25. The molecule has 2 N–H and O–H groups in total. The summed E-state index contributed by atoms with van der Waals surface area (Å²) in [6, 6.07) is 25.4. The van der Waals surface area contributed by atoms with Gasteiger partial charge in [0.05, 0.1) is 11.8 Å². The van der Waals surface area contributed by atoms with Crippen molar-refractivity contribution in [3.8, 4) is 0 Å². The molecule has 1 atom stereocenters. The maximum absolute atomic E-state index is 10.5. The van der Waals surface area contributed by atoms with E-state index >= 15 is 0 Å². The third-order valence-electron chi connectivity index (χ3n) is 6.45. The minimum Gasteiger partial charge on any atom is -0.463 e. The van der Waals surface area contributed by atoms with Gasteiger partial charge in [0.2, 0.25) is 6.41 Å². The number of hydrogen-bond donors (Lipinski definition) is 2. The fourth-order valence-corrected chi connectivity index (χ4v) is 4.51. The van der Waals surface area contributed by atoms with E-state index in [2.05, 4.69) is 69.5 Å². The van der Waals surface area contributed by atoms with Crippen LogP contribution in [0.4, 0.5) is 11.4 Å². The maximum Gasteiger partial charge on any atom is 0.209 e. The molecular weight excluding hydrogens is 450 g/mol. The Morgan fingerprint density at radius 3 is 2.08 bits per heavy atom.